The van der Waals surface area contributed by atoms with Crippen molar-refractivity contribution in [3.8, 4) is 0 Å². The summed E-state index contributed by atoms with van der Waals surface area (Å²) in [5, 5.41) is 0. The summed E-state index contributed by atoms with van der Waals surface area (Å²) in [6.45, 7) is 6.45. The first kappa shape index (κ1) is 14.6. The van der Waals surface area contributed by atoms with E-state index in [1.165, 1.54) is 0 Å². The number of hydrogen-bond acceptors (Lipinski definition) is 4. The summed E-state index contributed by atoms with van der Waals surface area (Å²) < 4.78 is 32.1. The number of hydrogen-bond donors (Lipinski definition) is 1. The van der Waals surface area contributed by atoms with Crippen molar-refractivity contribution in [2.24, 2.45) is 11.7 Å². The molecule has 2 rings (SSSR count). The number of rotatable bonds is 3. The Morgan fingerprint density at radius 2 is 2.16 bits per heavy atom. The molecule has 1 aromatic rings. The van der Waals surface area contributed by atoms with Gasteiger partial charge >= 0.3 is 0 Å². The minimum Gasteiger partial charge on any atom is -0.465 e. The Labute approximate surface area is 114 Å². The minimum absolute atomic E-state index is 0.0187. The zero-order chi connectivity index (χ0) is 14.2. The lowest BCUT2D eigenvalue weighted by Crippen LogP contribution is -2.45. The van der Waals surface area contributed by atoms with Gasteiger partial charge < -0.3 is 10.2 Å². The number of piperidine rings is 1. The lowest BCUT2D eigenvalue weighted by Gasteiger charge is -2.33. The maximum Gasteiger partial charge on any atom is 0.246 e. The van der Waals surface area contributed by atoms with Crippen LogP contribution in [0.5, 0.6) is 0 Å². The van der Waals surface area contributed by atoms with Crippen molar-refractivity contribution in [1.82, 2.24) is 4.31 Å². The van der Waals surface area contributed by atoms with Crippen LogP contribution in [0.25, 0.3) is 0 Å². The second-order valence-electron chi connectivity index (χ2n) is 5.40. The van der Waals surface area contributed by atoms with E-state index in [0.29, 0.717) is 24.6 Å². The molecule has 1 aliphatic heterocycles. The Kier molecular flexibility index (Phi) is 4.03. The average molecular weight is 286 g/mol. The summed E-state index contributed by atoms with van der Waals surface area (Å²) in [5.74, 6) is 1.31. The summed E-state index contributed by atoms with van der Waals surface area (Å²) in [5.41, 5.74) is 5.91. The fraction of sp³-hybridized carbons (Fsp3) is 0.692. The zero-order valence-electron chi connectivity index (χ0n) is 11.7. The predicted molar refractivity (Wildman–Crippen MR) is 73.3 cm³/mol. The van der Waals surface area contributed by atoms with E-state index in [1.54, 1.807) is 24.2 Å². The van der Waals surface area contributed by atoms with Gasteiger partial charge in [-0.05, 0) is 45.6 Å². The van der Waals surface area contributed by atoms with Gasteiger partial charge in [-0.25, -0.2) is 8.42 Å². The molecule has 1 fully saturated rings. The third-order valence-electron chi connectivity index (χ3n) is 3.78. The highest BCUT2D eigenvalue weighted by Gasteiger charge is 2.33. The van der Waals surface area contributed by atoms with Crippen LogP contribution in [0.2, 0.25) is 0 Å². The summed E-state index contributed by atoms with van der Waals surface area (Å²) in [4.78, 5) is 0.287. The van der Waals surface area contributed by atoms with Gasteiger partial charge in [0.15, 0.2) is 0 Å². The molecule has 0 amide bonds. The molecule has 2 heterocycles. The molecule has 5 nitrogen and oxygen atoms in total. The first-order valence-electron chi connectivity index (χ1n) is 6.65. The third-order valence-corrected chi connectivity index (χ3v) is 5.75. The highest BCUT2D eigenvalue weighted by Crippen LogP contribution is 2.28. The molecule has 108 valence electrons. The molecule has 6 heteroatoms. The topological polar surface area (TPSA) is 76.5 Å². The van der Waals surface area contributed by atoms with Gasteiger partial charge in [0.2, 0.25) is 10.0 Å². The maximum absolute atomic E-state index is 12.6. The molecule has 0 spiro atoms. The molecule has 0 aromatic carbocycles. The largest absolute Gasteiger partial charge is 0.465 e. The molecule has 1 saturated heterocycles. The van der Waals surface area contributed by atoms with E-state index in [-0.39, 0.29) is 16.9 Å². The Morgan fingerprint density at radius 1 is 1.47 bits per heavy atom. The van der Waals surface area contributed by atoms with Crippen molar-refractivity contribution < 1.29 is 12.8 Å². The summed E-state index contributed by atoms with van der Waals surface area (Å²) in [6, 6.07) is 1.62. The van der Waals surface area contributed by atoms with Gasteiger partial charge in [0, 0.05) is 19.1 Å². The number of sulfonamides is 1. The van der Waals surface area contributed by atoms with Crippen molar-refractivity contribution in [3.63, 3.8) is 0 Å². The standard InChI is InChI=1S/C13H22N2O3S/c1-9-7-13(11(3)18-9)19(16,17)15-6-4-5-12(8-15)10(2)14/h7,10,12H,4-6,8,14H2,1-3H3. The number of aryl methyl sites for hydroxylation is 2. The van der Waals surface area contributed by atoms with E-state index in [2.05, 4.69) is 0 Å². The van der Waals surface area contributed by atoms with Crippen LogP contribution in [0.4, 0.5) is 0 Å². The van der Waals surface area contributed by atoms with Crippen LogP contribution in [-0.4, -0.2) is 31.9 Å². The molecule has 0 aliphatic carbocycles. The zero-order valence-corrected chi connectivity index (χ0v) is 12.5. The average Bonchev–Trinajstić information content (AvgIpc) is 2.69. The highest BCUT2D eigenvalue weighted by molar-refractivity contribution is 7.89. The van der Waals surface area contributed by atoms with Crippen molar-refractivity contribution >= 4 is 10.0 Å². The van der Waals surface area contributed by atoms with E-state index < -0.39 is 10.0 Å². The molecule has 0 saturated carbocycles. The van der Waals surface area contributed by atoms with Gasteiger partial charge in [0.25, 0.3) is 0 Å². The second kappa shape index (κ2) is 5.26. The van der Waals surface area contributed by atoms with Crippen molar-refractivity contribution in [3.05, 3.63) is 17.6 Å². The van der Waals surface area contributed by atoms with Gasteiger partial charge in [-0.2, -0.15) is 4.31 Å². The first-order valence-corrected chi connectivity index (χ1v) is 8.09. The highest BCUT2D eigenvalue weighted by atomic mass is 32.2. The molecule has 1 aliphatic rings. The van der Waals surface area contributed by atoms with Gasteiger partial charge in [0.05, 0.1) is 0 Å². The third kappa shape index (κ3) is 2.85. The molecule has 2 N–H and O–H groups in total. The normalized spacial score (nSPS) is 23.5. The second-order valence-corrected chi connectivity index (χ2v) is 7.31. The predicted octanol–water partition coefficient (Wildman–Crippen LogP) is 1.64. The van der Waals surface area contributed by atoms with Crippen LogP contribution >= 0.6 is 0 Å². The quantitative estimate of drug-likeness (QED) is 0.916. The van der Waals surface area contributed by atoms with E-state index >= 15 is 0 Å². The summed E-state index contributed by atoms with van der Waals surface area (Å²) in [7, 11) is -3.45. The monoisotopic (exact) mass is 286 g/mol. The van der Waals surface area contributed by atoms with Crippen LogP contribution in [0, 0.1) is 19.8 Å². The van der Waals surface area contributed by atoms with Crippen LogP contribution in [-0.2, 0) is 10.0 Å². The summed E-state index contributed by atoms with van der Waals surface area (Å²) >= 11 is 0. The molecular formula is C13H22N2O3S. The van der Waals surface area contributed by atoms with Crippen LogP contribution < -0.4 is 5.73 Å². The lowest BCUT2D eigenvalue weighted by molar-refractivity contribution is 0.243. The molecule has 0 bridgehead atoms. The molecule has 0 radical (unpaired) electrons. The molecular weight excluding hydrogens is 264 g/mol. The Hall–Kier alpha value is -0.850. The SMILES string of the molecule is Cc1cc(S(=O)(=O)N2CCCC(C(C)N)C2)c(C)o1. The maximum atomic E-state index is 12.6. The van der Waals surface area contributed by atoms with Crippen molar-refractivity contribution in [1.29, 1.82) is 0 Å². The van der Waals surface area contributed by atoms with Crippen LogP contribution in [0.1, 0.15) is 31.3 Å². The van der Waals surface area contributed by atoms with Gasteiger partial charge in [-0.15, -0.1) is 0 Å². The van der Waals surface area contributed by atoms with Crippen LogP contribution in [0.3, 0.4) is 0 Å². The Balaban J connectivity index is 2.27. The number of nitrogens with zero attached hydrogens (tertiary/aromatic N) is 1. The minimum atomic E-state index is -3.45. The lowest BCUT2D eigenvalue weighted by atomic mass is 9.93. The molecule has 2 unspecified atom stereocenters. The smallest absolute Gasteiger partial charge is 0.246 e. The molecule has 19 heavy (non-hydrogen) atoms. The Bertz CT molecular complexity index is 548. The number of furan rings is 1. The first-order chi connectivity index (χ1) is 8.82. The molecule has 1 aromatic heterocycles. The van der Waals surface area contributed by atoms with E-state index in [4.69, 9.17) is 10.2 Å². The molecule has 2 atom stereocenters. The summed E-state index contributed by atoms with van der Waals surface area (Å²) in [6.07, 6.45) is 1.86. The van der Waals surface area contributed by atoms with Gasteiger partial charge in [0.1, 0.15) is 16.4 Å². The fourth-order valence-corrected chi connectivity index (χ4v) is 4.38. The fourth-order valence-electron chi connectivity index (χ4n) is 2.62. The number of nitrogens with two attached hydrogens (primary N) is 1. The van der Waals surface area contributed by atoms with E-state index in [9.17, 15) is 8.42 Å². The van der Waals surface area contributed by atoms with E-state index in [0.717, 1.165) is 12.8 Å². The van der Waals surface area contributed by atoms with Crippen molar-refractivity contribution in [2.75, 3.05) is 13.1 Å². The van der Waals surface area contributed by atoms with Gasteiger partial charge in [-0.1, -0.05) is 0 Å². The Morgan fingerprint density at radius 3 is 2.68 bits per heavy atom. The van der Waals surface area contributed by atoms with Gasteiger partial charge in [-0.3, -0.25) is 0 Å². The van der Waals surface area contributed by atoms with E-state index in [1.807, 2.05) is 6.92 Å². The van der Waals surface area contributed by atoms with Crippen LogP contribution in [0.15, 0.2) is 15.4 Å². The van der Waals surface area contributed by atoms with Crippen molar-refractivity contribution in [2.45, 2.75) is 44.6 Å².